The highest BCUT2D eigenvalue weighted by Gasteiger charge is 2.29. The van der Waals surface area contributed by atoms with E-state index >= 15 is 0 Å². The molecule has 0 unspecified atom stereocenters. The fourth-order valence-corrected chi connectivity index (χ4v) is 2.88. The zero-order chi connectivity index (χ0) is 16.4. The van der Waals surface area contributed by atoms with Gasteiger partial charge in [0.15, 0.2) is 5.75 Å². The van der Waals surface area contributed by atoms with Crippen molar-refractivity contribution in [2.45, 2.75) is 46.6 Å². The van der Waals surface area contributed by atoms with Gasteiger partial charge in [0.05, 0.1) is 5.02 Å². The lowest BCUT2D eigenvalue weighted by Gasteiger charge is -2.34. The Hall–Kier alpha value is -1.07. The summed E-state index contributed by atoms with van der Waals surface area (Å²) in [5, 5.41) is 13.0. The Morgan fingerprint density at radius 3 is 2.43 bits per heavy atom. The van der Waals surface area contributed by atoms with Gasteiger partial charge in [0.1, 0.15) is 5.69 Å². The van der Waals surface area contributed by atoms with Gasteiger partial charge in [-0.1, -0.05) is 51.3 Å². The van der Waals surface area contributed by atoms with Gasteiger partial charge in [0.25, 0.3) is 0 Å². The second-order valence-corrected chi connectivity index (χ2v) is 7.78. The van der Waals surface area contributed by atoms with Crippen molar-refractivity contribution < 1.29 is 9.90 Å². The summed E-state index contributed by atoms with van der Waals surface area (Å²) in [4.78, 5) is 12.3. The van der Waals surface area contributed by atoms with Crippen molar-refractivity contribution in [1.29, 1.82) is 0 Å². The minimum absolute atomic E-state index is 0.0798. The molecule has 2 N–H and O–H groups in total. The van der Waals surface area contributed by atoms with Crippen molar-refractivity contribution in [3.63, 3.8) is 0 Å². The van der Waals surface area contributed by atoms with Crippen molar-refractivity contribution in [3.8, 4) is 5.75 Å². The molecule has 6 heteroatoms. The van der Waals surface area contributed by atoms with Crippen LogP contribution in [0.25, 0.3) is 0 Å². The molecule has 1 aromatic rings. The van der Waals surface area contributed by atoms with Crippen LogP contribution in [-0.4, -0.2) is 16.7 Å². The molecule has 4 nitrogen and oxygen atoms in total. The van der Waals surface area contributed by atoms with E-state index in [1.807, 2.05) is 13.8 Å². The summed E-state index contributed by atoms with van der Waals surface area (Å²) in [5.74, 6) is -0.169. The lowest BCUT2D eigenvalue weighted by molar-refractivity contribution is 0.218. The summed E-state index contributed by atoms with van der Waals surface area (Å²) in [7, 11) is 0. The number of nitrogens with one attached hydrogen (secondary N) is 1. The van der Waals surface area contributed by atoms with Gasteiger partial charge in [-0.05, 0) is 37.8 Å². The van der Waals surface area contributed by atoms with Crippen LogP contribution in [0.15, 0.2) is 18.2 Å². The van der Waals surface area contributed by atoms with Crippen LogP contribution in [0.1, 0.15) is 41.0 Å². The Labute approximate surface area is 137 Å². The van der Waals surface area contributed by atoms with Gasteiger partial charge in [0.2, 0.25) is 0 Å². The number of carbonyl (C=O) groups excluding carboxylic acids is 1. The second kappa shape index (κ2) is 6.36. The van der Waals surface area contributed by atoms with Gasteiger partial charge in [-0.2, -0.15) is 0 Å². The molecule has 0 aliphatic rings. The van der Waals surface area contributed by atoms with Crippen molar-refractivity contribution >= 4 is 36.1 Å². The first-order valence-electron chi connectivity index (χ1n) is 6.72. The summed E-state index contributed by atoms with van der Waals surface area (Å²) in [6, 6.07) is 4.35. The molecule has 0 radical (unpaired) electrons. The third-order valence-corrected chi connectivity index (χ3v) is 3.51. The summed E-state index contributed by atoms with van der Waals surface area (Å²) >= 11 is 10.00. The number of rotatable bonds is 3. The van der Waals surface area contributed by atoms with Crippen LogP contribution >= 0.6 is 24.4 Å². The number of phenolic OH excluding ortho intramolecular Hbond substituents is 1. The lowest BCUT2D eigenvalue weighted by atomic mass is 9.82. The smallest absolute Gasteiger partial charge is 0.332 e. The van der Waals surface area contributed by atoms with Crippen LogP contribution in [-0.2, 0) is 0 Å². The normalized spacial score (nSPS) is 12.1. The third-order valence-electron chi connectivity index (χ3n) is 2.80. The zero-order valence-corrected chi connectivity index (χ0v) is 14.7. The number of benzene rings is 1. The first-order chi connectivity index (χ1) is 9.43. The van der Waals surface area contributed by atoms with Gasteiger partial charge in [-0.15, -0.1) is 0 Å². The van der Waals surface area contributed by atoms with Crippen molar-refractivity contribution in [2.24, 2.45) is 5.41 Å². The minimum Gasteiger partial charge on any atom is -0.504 e. The molecule has 0 aliphatic heterocycles. The van der Waals surface area contributed by atoms with Gasteiger partial charge in [0, 0.05) is 5.54 Å². The largest absolute Gasteiger partial charge is 0.504 e. The lowest BCUT2D eigenvalue weighted by Crippen LogP contribution is -2.49. The van der Waals surface area contributed by atoms with E-state index in [0.29, 0.717) is 0 Å². The molecule has 21 heavy (non-hydrogen) atoms. The monoisotopic (exact) mass is 330 g/mol. The molecule has 0 aromatic heterocycles. The van der Waals surface area contributed by atoms with Crippen LogP contribution in [0, 0.1) is 5.41 Å². The molecule has 2 amide bonds. The van der Waals surface area contributed by atoms with E-state index in [-0.39, 0.29) is 21.9 Å². The second-order valence-electron chi connectivity index (χ2n) is 6.97. The van der Waals surface area contributed by atoms with E-state index in [0.717, 1.165) is 10.7 Å². The van der Waals surface area contributed by atoms with Crippen molar-refractivity contribution in [2.75, 3.05) is 4.31 Å². The van der Waals surface area contributed by atoms with Gasteiger partial charge < -0.3 is 10.4 Å². The Morgan fingerprint density at radius 2 is 1.90 bits per heavy atom. The molecular weight excluding hydrogens is 308 g/mol. The Morgan fingerprint density at radius 1 is 1.33 bits per heavy atom. The van der Waals surface area contributed by atoms with E-state index < -0.39 is 11.6 Å². The fraction of sp³-hybridized carbons (Fsp3) is 0.533. The van der Waals surface area contributed by atoms with Crippen LogP contribution in [0.3, 0.4) is 0 Å². The maximum atomic E-state index is 12.3. The first-order valence-corrected chi connectivity index (χ1v) is 7.49. The summed E-state index contributed by atoms with van der Waals surface area (Å²) in [6.45, 7) is 10.2. The third kappa shape index (κ3) is 5.32. The molecule has 0 bridgehead atoms. The van der Waals surface area contributed by atoms with E-state index in [4.69, 9.17) is 11.6 Å². The van der Waals surface area contributed by atoms with E-state index in [1.165, 1.54) is 0 Å². The molecule has 118 valence electrons. The molecule has 0 saturated heterocycles. The molecule has 0 saturated carbocycles. The van der Waals surface area contributed by atoms with Crippen molar-refractivity contribution in [1.82, 2.24) is 5.32 Å². The number of aromatic hydroxyl groups is 1. The molecule has 1 rings (SSSR count). The number of anilines is 1. The van der Waals surface area contributed by atoms with Crippen LogP contribution in [0.2, 0.25) is 5.02 Å². The summed E-state index contributed by atoms with van der Waals surface area (Å²) in [5.41, 5.74) is -0.0733. The van der Waals surface area contributed by atoms with Gasteiger partial charge in [-0.3, -0.25) is 0 Å². The average Bonchev–Trinajstić information content (AvgIpc) is 2.27. The summed E-state index contributed by atoms with van der Waals surface area (Å²) < 4.78 is 1.06. The predicted molar refractivity (Wildman–Crippen MR) is 91.3 cm³/mol. The predicted octanol–water partition coefficient (Wildman–Crippen LogP) is 4.62. The standard InChI is InChI=1S/C15H23ClN2O2S/c1-14(2,3)9-15(4,5)17-13(20)18(21)11-8-6-7-10(16)12(11)19/h6-8,19,21H,9H2,1-5H3,(H,17,20). The summed E-state index contributed by atoms with van der Waals surface area (Å²) in [6.07, 6.45) is 0.800. The van der Waals surface area contributed by atoms with Crippen LogP contribution < -0.4 is 9.62 Å². The number of hydrogen-bond donors (Lipinski definition) is 3. The van der Waals surface area contributed by atoms with Crippen LogP contribution in [0.4, 0.5) is 10.5 Å². The molecule has 0 heterocycles. The molecule has 1 aromatic carbocycles. The Balaban J connectivity index is 2.86. The average molecular weight is 331 g/mol. The number of nitrogens with zero attached hydrogens (tertiary/aromatic N) is 1. The molecule has 0 atom stereocenters. The topological polar surface area (TPSA) is 52.6 Å². The SMILES string of the molecule is CC(C)(C)CC(C)(C)NC(=O)N(S)c1cccc(Cl)c1O. The van der Waals surface area contributed by atoms with Gasteiger partial charge >= 0.3 is 6.03 Å². The Kier molecular flexibility index (Phi) is 5.45. The number of urea groups is 1. The number of carbonyl (C=O) groups is 1. The number of halogens is 1. The number of para-hydroxylation sites is 1. The molecule has 0 aliphatic carbocycles. The number of phenols is 1. The minimum atomic E-state index is -0.412. The highest BCUT2D eigenvalue weighted by molar-refractivity contribution is 7.82. The molecule has 0 fully saturated rings. The quantitative estimate of drug-likeness (QED) is 0.708. The maximum absolute atomic E-state index is 12.3. The maximum Gasteiger partial charge on any atom is 0.332 e. The Bertz CT molecular complexity index is 527. The van der Waals surface area contributed by atoms with E-state index in [9.17, 15) is 9.90 Å². The van der Waals surface area contributed by atoms with E-state index in [1.54, 1.807) is 18.2 Å². The zero-order valence-electron chi connectivity index (χ0n) is 13.1. The number of hydrogen-bond acceptors (Lipinski definition) is 3. The highest BCUT2D eigenvalue weighted by atomic mass is 35.5. The fourth-order valence-electron chi connectivity index (χ4n) is 2.50. The number of amides is 2. The van der Waals surface area contributed by atoms with E-state index in [2.05, 4.69) is 38.9 Å². The number of thiol groups is 1. The van der Waals surface area contributed by atoms with Crippen LogP contribution in [0.5, 0.6) is 5.75 Å². The van der Waals surface area contributed by atoms with Gasteiger partial charge in [-0.25, -0.2) is 9.10 Å². The molecular formula is C15H23ClN2O2S. The van der Waals surface area contributed by atoms with Crippen molar-refractivity contribution in [3.05, 3.63) is 23.2 Å². The first kappa shape index (κ1) is 18.0. The molecule has 0 spiro atoms. The highest BCUT2D eigenvalue weighted by Crippen LogP contribution is 2.35.